The van der Waals surface area contributed by atoms with Crippen molar-refractivity contribution in [1.29, 1.82) is 0 Å². The maximum Gasteiger partial charge on any atom is 0.292 e. The lowest BCUT2D eigenvalue weighted by molar-refractivity contribution is -0.383. The molecule has 5 N–H and O–H groups in total. The summed E-state index contributed by atoms with van der Waals surface area (Å²) >= 11 is 0. The van der Waals surface area contributed by atoms with Crippen LogP contribution in [0, 0.1) is 10.1 Å². The van der Waals surface area contributed by atoms with Crippen LogP contribution in [-0.4, -0.2) is 4.92 Å². The van der Waals surface area contributed by atoms with Gasteiger partial charge in [-0.1, -0.05) is 24.3 Å². The minimum Gasteiger partial charge on any atom is -0.393 e. The zero-order valence-corrected chi connectivity index (χ0v) is 10.9. The van der Waals surface area contributed by atoms with E-state index in [1.165, 1.54) is 6.07 Å². The third-order valence-electron chi connectivity index (χ3n) is 2.98. The summed E-state index contributed by atoms with van der Waals surface area (Å²) < 4.78 is 0. The number of anilines is 2. The summed E-state index contributed by atoms with van der Waals surface area (Å²) in [7, 11) is 0. The van der Waals surface area contributed by atoms with E-state index in [1.54, 1.807) is 12.1 Å². The Morgan fingerprint density at radius 3 is 2.30 bits per heavy atom. The van der Waals surface area contributed by atoms with E-state index in [1.807, 2.05) is 24.3 Å². The van der Waals surface area contributed by atoms with Crippen LogP contribution in [0.2, 0.25) is 0 Å². The molecule has 0 aliphatic rings. The molecule has 0 radical (unpaired) electrons. The van der Waals surface area contributed by atoms with Gasteiger partial charge in [0, 0.05) is 24.8 Å². The Kier molecular flexibility index (Phi) is 4.17. The molecule has 0 bridgehead atoms. The summed E-state index contributed by atoms with van der Waals surface area (Å²) in [5.74, 6) is 0. The van der Waals surface area contributed by atoms with Crippen molar-refractivity contribution < 1.29 is 4.92 Å². The molecule has 0 saturated carbocycles. The molecule has 20 heavy (non-hydrogen) atoms. The average Bonchev–Trinajstić information content (AvgIpc) is 2.45. The average molecular weight is 272 g/mol. The Bertz CT molecular complexity index is 611. The molecular weight excluding hydrogens is 256 g/mol. The number of nitrogens with one attached hydrogen (secondary N) is 1. The van der Waals surface area contributed by atoms with Crippen molar-refractivity contribution in [3.63, 3.8) is 0 Å². The summed E-state index contributed by atoms with van der Waals surface area (Å²) in [5, 5.41) is 13.8. The SMILES string of the molecule is NCc1ccc(CNc2ccc([N+](=O)[O-])c(N)c2)cc1. The molecule has 0 amide bonds. The van der Waals surface area contributed by atoms with Gasteiger partial charge in [0.1, 0.15) is 5.69 Å². The molecule has 0 unspecified atom stereocenters. The molecule has 0 saturated heterocycles. The molecule has 6 nitrogen and oxygen atoms in total. The first-order valence-electron chi connectivity index (χ1n) is 6.16. The number of nitro groups is 1. The van der Waals surface area contributed by atoms with Crippen LogP contribution < -0.4 is 16.8 Å². The van der Waals surface area contributed by atoms with Gasteiger partial charge in [-0.2, -0.15) is 0 Å². The first-order chi connectivity index (χ1) is 9.60. The van der Waals surface area contributed by atoms with Crippen LogP contribution in [0.5, 0.6) is 0 Å². The zero-order valence-electron chi connectivity index (χ0n) is 10.9. The van der Waals surface area contributed by atoms with E-state index in [9.17, 15) is 10.1 Å². The maximum absolute atomic E-state index is 10.7. The largest absolute Gasteiger partial charge is 0.393 e. The molecule has 104 valence electrons. The van der Waals surface area contributed by atoms with Gasteiger partial charge in [0.25, 0.3) is 5.69 Å². The van der Waals surface area contributed by atoms with E-state index < -0.39 is 4.92 Å². The minimum atomic E-state index is -0.495. The fraction of sp³-hybridized carbons (Fsp3) is 0.143. The van der Waals surface area contributed by atoms with Crippen molar-refractivity contribution in [3.05, 3.63) is 63.7 Å². The molecule has 0 aliphatic carbocycles. The summed E-state index contributed by atoms with van der Waals surface area (Å²) in [6.07, 6.45) is 0. The molecule has 2 rings (SSSR count). The molecule has 0 aliphatic heterocycles. The maximum atomic E-state index is 10.7. The molecule has 0 atom stereocenters. The quantitative estimate of drug-likeness (QED) is 0.439. The van der Waals surface area contributed by atoms with Gasteiger partial charge in [0.15, 0.2) is 0 Å². The van der Waals surface area contributed by atoms with Crippen molar-refractivity contribution in [3.8, 4) is 0 Å². The summed E-state index contributed by atoms with van der Waals surface area (Å²) in [6.45, 7) is 1.13. The fourth-order valence-corrected chi connectivity index (χ4v) is 1.83. The normalized spacial score (nSPS) is 10.2. The van der Waals surface area contributed by atoms with E-state index in [2.05, 4.69) is 5.32 Å². The van der Waals surface area contributed by atoms with E-state index in [0.29, 0.717) is 13.1 Å². The topological polar surface area (TPSA) is 107 Å². The van der Waals surface area contributed by atoms with Gasteiger partial charge < -0.3 is 16.8 Å². The summed E-state index contributed by atoms with van der Waals surface area (Å²) in [4.78, 5) is 10.2. The number of hydrogen-bond donors (Lipinski definition) is 3. The minimum absolute atomic E-state index is 0.0807. The third kappa shape index (κ3) is 3.24. The number of nitrogens with zero attached hydrogens (tertiary/aromatic N) is 1. The number of benzene rings is 2. The highest BCUT2D eigenvalue weighted by molar-refractivity contribution is 5.65. The first kappa shape index (κ1) is 13.8. The van der Waals surface area contributed by atoms with Crippen molar-refractivity contribution in [1.82, 2.24) is 0 Å². The first-order valence-corrected chi connectivity index (χ1v) is 6.16. The lowest BCUT2D eigenvalue weighted by atomic mass is 10.1. The van der Waals surface area contributed by atoms with Gasteiger partial charge in [-0.05, 0) is 23.3 Å². The van der Waals surface area contributed by atoms with Gasteiger partial charge >= 0.3 is 0 Å². The van der Waals surface area contributed by atoms with E-state index in [4.69, 9.17) is 11.5 Å². The summed E-state index contributed by atoms with van der Waals surface area (Å²) in [6, 6.07) is 12.5. The Labute approximate surface area is 116 Å². The van der Waals surface area contributed by atoms with Crippen molar-refractivity contribution in [2.45, 2.75) is 13.1 Å². The third-order valence-corrected chi connectivity index (χ3v) is 2.98. The predicted molar refractivity (Wildman–Crippen MR) is 79.2 cm³/mol. The highest BCUT2D eigenvalue weighted by atomic mass is 16.6. The Morgan fingerprint density at radius 2 is 1.75 bits per heavy atom. The smallest absolute Gasteiger partial charge is 0.292 e. The fourth-order valence-electron chi connectivity index (χ4n) is 1.83. The Morgan fingerprint density at radius 1 is 1.10 bits per heavy atom. The van der Waals surface area contributed by atoms with Crippen molar-refractivity contribution >= 4 is 17.1 Å². The van der Waals surface area contributed by atoms with Crippen molar-refractivity contribution in [2.75, 3.05) is 11.1 Å². The van der Waals surface area contributed by atoms with Crippen LogP contribution in [0.1, 0.15) is 11.1 Å². The Hall–Kier alpha value is -2.60. The molecule has 0 spiro atoms. The van der Waals surface area contributed by atoms with E-state index in [0.717, 1.165) is 16.8 Å². The molecule has 6 heteroatoms. The van der Waals surface area contributed by atoms with Crippen LogP contribution in [0.4, 0.5) is 17.1 Å². The second kappa shape index (κ2) is 6.03. The highest BCUT2D eigenvalue weighted by Gasteiger charge is 2.10. The van der Waals surface area contributed by atoms with Gasteiger partial charge in [-0.3, -0.25) is 10.1 Å². The molecule has 0 heterocycles. The number of nitro benzene ring substituents is 1. The molecule has 0 fully saturated rings. The van der Waals surface area contributed by atoms with Crippen LogP contribution >= 0.6 is 0 Å². The zero-order chi connectivity index (χ0) is 14.5. The highest BCUT2D eigenvalue weighted by Crippen LogP contribution is 2.24. The van der Waals surface area contributed by atoms with Crippen LogP contribution in [0.25, 0.3) is 0 Å². The standard InChI is InChI=1S/C14H16N4O2/c15-8-10-1-3-11(4-2-10)9-17-12-5-6-14(18(19)20)13(16)7-12/h1-7,17H,8-9,15-16H2. The summed E-state index contributed by atoms with van der Waals surface area (Å²) in [5.41, 5.74) is 14.2. The van der Waals surface area contributed by atoms with Gasteiger partial charge in [-0.25, -0.2) is 0 Å². The molecule has 2 aromatic rings. The van der Waals surface area contributed by atoms with Gasteiger partial charge in [0.05, 0.1) is 4.92 Å². The lowest BCUT2D eigenvalue weighted by Crippen LogP contribution is -2.02. The second-order valence-electron chi connectivity index (χ2n) is 4.40. The Balaban J connectivity index is 2.03. The van der Waals surface area contributed by atoms with E-state index >= 15 is 0 Å². The van der Waals surface area contributed by atoms with Gasteiger partial charge in [-0.15, -0.1) is 0 Å². The lowest BCUT2D eigenvalue weighted by Gasteiger charge is -2.08. The number of nitrogens with two attached hydrogens (primary N) is 2. The van der Waals surface area contributed by atoms with Crippen LogP contribution in [0.3, 0.4) is 0 Å². The number of rotatable bonds is 5. The van der Waals surface area contributed by atoms with Gasteiger partial charge in [0.2, 0.25) is 0 Å². The van der Waals surface area contributed by atoms with Crippen molar-refractivity contribution in [2.24, 2.45) is 5.73 Å². The molecular formula is C14H16N4O2. The number of hydrogen-bond acceptors (Lipinski definition) is 5. The molecule has 2 aromatic carbocycles. The van der Waals surface area contributed by atoms with Crippen LogP contribution in [0.15, 0.2) is 42.5 Å². The number of nitrogen functional groups attached to an aromatic ring is 1. The monoisotopic (exact) mass is 272 g/mol. The van der Waals surface area contributed by atoms with Crippen LogP contribution in [-0.2, 0) is 13.1 Å². The second-order valence-corrected chi connectivity index (χ2v) is 4.40. The molecule has 0 aromatic heterocycles. The van der Waals surface area contributed by atoms with E-state index in [-0.39, 0.29) is 11.4 Å². The predicted octanol–water partition coefficient (Wildman–Crippen LogP) is 2.25.